The van der Waals surface area contributed by atoms with E-state index in [0.717, 1.165) is 28.1 Å². The zero-order valence-corrected chi connectivity index (χ0v) is 23.8. The van der Waals surface area contributed by atoms with Gasteiger partial charge in [0.15, 0.2) is 0 Å². The average Bonchev–Trinajstić information content (AvgIpc) is 2.92. The molecule has 3 rings (SSSR count). The first-order chi connectivity index (χ1) is 18.6. The second-order valence-electron chi connectivity index (χ2n) is 9.40. The Morgan fingerprint density at radius 1 is 0.897 bits per heavy atom. The van der Waals surface area contributed by atoms with Crippen LogP contribution in [0.4, 0.5) is 5.69 Å². The van der Waals surface area contributed by atoms with Crippen LogP contribution in [0.25, 0.3) is 0 Å². The topological polar surface area (TPSA) is 96.0 Å². The standard InChI is InChI=1S/C30H37N3O5S/c1-5-20-31-30(35)28(6-2)32(21-24-14-12-23(3)13-15-24)29(34)22-33(39(4,36)37)25-16-18-27(19-17-25)38-26-10-8-7-9-11-26/h7-19,28H,5-6,20-22H2,1-4H3,(H,31,35)/t28-/m1/s1. The molecule has 3 aromatic carbocycles. The zero-order chi connectivity index (χ0) is 28.4. The SMILES string of the molecule is CCCNC(=O)[C@@H](CC)N(Cc1ccc(C)cc1)C(=O)CN(c1ccc(Oc2ccccc2)cc1)S(C)(=O)=O. The van der Waals surface area contributed by atoms with Crippen LogP contribution in [0.2, 0.25) is 0 Å². The summed E-state index contributed by atoms with van der Waals surface area (Å²) < 4.78 is 32.5. The maximum absolute atomic E-state index is 13.7. The van der Waals surface area contributed by atoms with Crippen molar-refractivity contribution in [2.24, 2.45) is 0 Å². The van der Waals surface area contributed by atoms with Crippen LogP contribution < -0.4 is 14.4 Å². The number of carbonyl (C=O) groups is 2. The molecule has 1 N–H and O–H groups in total. The van der Waals surface area contributed by atoms with Crippen LogP contribution in [0.15, 0.2) is 78.9 Å². The number of rotatable bonds is 13. The Bertz CT molecular complexity index is 1330. The summed E-state index contributed by atoms with van der Waals surface area (Å²) in [4.78, 5) is 28.2. The fourth-order valence-electron chi connectivity index (χ4n) is 4.09. The molecule has 2 amide bonds. The van der Waals surface area contributed by atoms with E-state index in [1.54, 1.807) is 24.3 Å². The van der Waals surface area contributed by atoms with Crippen LogP contribution in [0.5, 0.6) is 11.5 Å². The second-order valence-corrected chi connectivity index (χ2v) is 11.3. The summed E-state index contributed by atoms with van der Waals surface area (Å²) in [7, 11) is -3.82. The number of hydrogen-bond acceptors (Lipinski definition) is 5. The van der Waals surface area contributed by atoms with Gasteiger partial charge in [-0.15, -0.1) is 0 Å². The van der Waals surface area contributed by atoms with E-state index in [0.29, 0.717) is 30.2 Å². The third-order valence-electron chi connectivity index (χ3n) is 6.19. The maximum atomic E-state index is 13.7. The third kappa shape index (κ3) is 8.58. The molecule has 0 aromatic heterocycles. The lowest BCUT2D eigenvalue weighted by Gasteiger charge is -2.33. The number of nitrogens with zero attached hydrogens (tertiary/aromatic N) is 2. The van der Waals surface area contributed by atoms with Crippen molar-refractivity contribution in [3.05, 3.63) is 90.0 Å². The summed E-state index contributed by atoms with van der Waals surface area (Å²) in [5.41, 5.74) is 2.25. The normalized spacial score (nSPS) is 11.9. The molecule has 1 atom stereocenters. The summed E-state index contributed by atoms with van der Waals surface area (Å²) in [6.07, 6.45) is 2.21. The van der Waals surface area contributed by atoms with Crippen molar-refractivity contribution in [2.75, 3.05) is 23.7 Å². The highest BCUT2D eigenvalue weighted by Gasteiger charge is 2.31. The predicted octanol–water partition coefficient (Wildman–Crippen LogP) is 4.89. The van der Waals surface area contributed by atoms with Gasteiger partial charge in [-0.3, -0.25) is 13.9 Å². The summed E-state index contributed by atoms with van der Waals surface area (Å²) >= 11 is 0. The number of amides is 2. The highest BCUT2D eigenvalue weighted by Crippen LogP contribution is 2.26. The zero-order valence-electron chi connectivity index (χ0n) is 23.0. The fraction of sp³-hybridized carbons (Fsp3) is 0.333. The van der Waals surface area contributed by atoms with Gasteiger partial charge in [0, 0.05) is 13.1 Å². The summed E-state index contributed by atoms with van der Waals surface area (Å²) in [5, 5.41) is 2.88. The molecule has 208 valence electrons. The van der Waals surface area contributed by atoms with E-state index in [-0.39, 0.29) is 12.5 Å². The Balaban J connectivity index is 1.87. The smallest absolute Gasteiger partial charge is 0.244 e. The van der Waals surface area contributed by atoms with Gasteiger partial charge >= 0.3 is 0 Å². The number of sulfonamides is 1. The first-order valence-electron chi connectivity index (χ1n) is 13.1. The largest absolute Gasteiger partial charge is 0.457 e. The minimum atomic E-state index is -3.82. The quantitative estimate of drug-likeness (QED) is 0.326. The van der Waals surface area contributed by atoms with Crippen molar-refractivity contribution in [1.29, 1.82) is 0 Å². The van der Waals surface area contributed by atoms with Crippen LogP contribution in [-0.2, 0) is 26.2 Å². The Morgan fingerprint density at radius 3 is 2.08 bits per heavy atom. The molecule has 0 aliphatic rings. The molecular weight excluding hydrogens is 514 g/mol. The first-order valence-corrected chi connectivity index (χ1v) is 14.9. The number of para-hydroxylation sites is 1. The van der Waals surface area contributed by atoms with Gasteiger partial charge in [-0.1, -0.05) is 61.9 Å². The Hall–Kier alpha value is -3.85. The molecule has 0 unspecified atom stereocenters. The van der Waals surface area contributed by atoms with Gasteiger partial charge in [0.1, 0.15) is 24.1 Å². The predicted molar refractivity (Wildman–Crippen MR) is 154 cm³/mol. The molecule has 0 aliphatic carbocycles. The van der Waals surface area contributed by atoms with Gasteiger partial charge in [0.25, 0.3) is 0 Å². The Labute approximate surface area is 231 Å². The van der Waals surface area contributed by atoms with Crippen molar-refractivity contribution < 1.29 is 22.7 Å². The van der Waals surface area contributed by atoms with Crippen molar-refractivity contribution in [1.82, 2.24) is 10.2 Å². The lowest BCUT2D eigenvalue weighted by molar-refractivity contribution is -0.140. The van der Waals surface area contributed by atoms with Crippen molar-refractivity contribution in [2.45, 2.75) is 46.2 Å². The highest BCUT2D eigenvalue weighted by atomic mass is 32.2. The van der Waals surface area contributed by atoms with E-state index in [2.05, 4.69) is 5.32 Å². The van der Waals surface area contributed by atoms with Gasteiger partial charge in [-0.25, -0.2) is 8.42 Å². The number of nitrogens with one attached hydrogen (secondary N) is 1. The van der Waals surface area contributed by atoms with Gasteiger partial charge in [-0.05, 0) is 61.7 Å². The van der Waals surface area contributed by atoms with Gasteiger partial charge < -0.3 is 15.0 Å². The van der Waals surface area contributed by atoms with E-state index in [4.69, 9.17) is 4.74 Å². The molecule has 0 fully saturated rings. The van der Waals surface area contributed by atoms with Crippen LogP contribution in [0, 0.1) is 6.92 Å². The van der Waals surface area contributed by atoms with Gasteiger partial charge in [0.2, 0.25) is 21.8 Å². The molecule has 0 aliphatic heterocycles. The van der Waals surface area contributed by atoms with Crippen LogP contribution in [0.3, 0.4) is 0 Å². The average molecular weight is 552 g/mol. The fourth-order valence-corrected chi connectivity index (χ4v) is 4.94. The number of ether oxygens (including phenoxy) is 1. The van der Waals surface area contributed by atoms with Crippen LogP contribution in [0.1, 0.15) is 37.8 Å². The number of benzene rings is 3. The van der Waals surface area contributed by atoms with Crippen LogP contribution in [-0.4, -0.2) is 50.5 Å². The molecule has 0 heterocycles. The van der Waals surface area contributed by atoms with Gasteiger partial charge in [0.05, 0.1) is 11.9 Å². The first kappa shape index (κ1) is 29.7. The molecule has 0 saturated carbocycles. The highest BCUT2D eigenvalue weighted by molar-refractivity contribution is 7.92. The van der Waals surface area contributed by atoms with Gasteiger partial charge in [-0.2, -0.15) is 0 Å². The molecule has 8 nitrogen and oxygen atoms in total. The van der Waals surface area contributed by atoms with Crippen molar-refractivity contribution >= 4 is 27.5 Å². The van der Waals surface area contributed by atoms with E-state index in [9.17, 15) is 18.0 Å². The summed E-state index contributed by atoms with van der Waals surface area (Å²) in [6, 6.07) is 22.7. The van der Waals surface area contributed by atoms with E-state index >= 15 is 0 Å². The van der Waals surface area contributed by atoms with Crippen molar-refractivity contribution in [3.63, 3.8) is 0 Å². The molecule has 39 heavy (non-hydrogen) atoms. The second kappa shape index (κ2) is 13.8. The minimum Gasteiger partial charge on any atom is -0.457 e. The number of carbonyl (C=O) groups excluding carboxylic acids is 2. The molecule has 0 spiro atoms. The molecule has 0 bridgehead atoms. The van der Waals surface area contributed by atoms with Crippen LogP contribution >= 0.6 is 0 Å². The lowest BCUT2D eigenvalue weighted by Crippen LogP contribution is -2.52. The van der Waals surface area contributed by atoms with Crippen molar-refractivity contribution in [3.8, 4) is 11.5 Å². The molecule has 0 radical (unpaired) electrons. The molecule has 3 aromatic rings. The molecular formula is C30H37N3O5S. The third-order valence-corrected chi connectivity index (χ3v) is 7.33. The van der Waals surface area contributed by atoms with E-state index < -0.39 is 28.5 Å². The maximum Gasteiger partial charge on any atom is 0.244 e. The van der Waals surface area contributed by atoms with E-state index in [1.165, 1.54) is 4.90 Å². The van der Waals surface area contributed by atoms with E-state index in [1.807, 2.05) is 75.4 Å². The number of anilines is 1. The minimum absolute atomic E-state index is 0.179. The number of aryl methyl sites for hydroxylation is 1. The summed E-state index contributed by atoms with van der Waals surface area (Å²) in [6.45, 7) is 6.00. The Morgan fingerprint density at radius 2 is 1.51 bits per heavy atom. The summed E-state index contributed by atoms with van der Waals surface area (Å²) in [5.74, 6) is 0.459. The molecule has 9 heteroatoms. The monoisotopic (exact) mass is 551 g/mol. The lowest BCUT2D eigenvalue weighted by atomic mass is 10.1. The molecule has 0 saturated heterocycles. The number of hydrogen-bond donors (Lipinski definition) is 1. The Kier molecular flexibility index (Phi) is 10.5.